The van der Waals surface area contributed by atoms with E-state index in [2.05, 4.69) is 0 Å². The van der Waals surface area contributed by atoms with Crippen LogP contribution in [0.2, 0.25) is 0 Å². The molecule has 2 rings (SSSR count). The van der Waals surface area contributed by atoms with Crippen LogP contribution in [0.25, 0.3) is 0 Å². The van der Waals surface area contributed by atoms with Crippen LogP contribution in [-0.4, -0.2) is 30.3 Å². The summed E-state index contributed by atoms with van der Waals surface area (Å²) in [7, 11) is 1.63. The monoisotopic (exact) mass is 279 g/mol. The molecule has 0 bridgehead atoms. The first-order chi connectivity index (χ1) is 9.49. The Morgan fingerprint density at radius 2 is 2.35 bits per heavy atom. The molecule has 1 aliphatic heterocycles. The van der Waals surface area contributed by atoms with Crippen molar-refractivity contribution < 1.29 is 19.4 Å². The summed E-state index contributed by atoms with van der Waals surface area (Å²) in [6.07, 6.45) is 2.19. The SMILES string of the molecule is COc1cc2c(cc1CC(N)CCC(=O)O)OC(C)C2. The molecule has 2 atom stereocenters. The zero-order chi connectivity index (χ0) is 14.7. The fraction of sp³-hybridized carbons (Fsp3) is 0.533. The van der Waals surface area contributed by atoms with E-state index in [4.69, 9.17) is 20.3 Å². The predicted molar refractivity (Wildman–Crippen MR) is 75.3 cm³/mol. The number of carboxylic acid groups (broad SMARTS) is 1. The topological polar surface area (TPSA) is 81.8 Å². The zero-order valence-corrected chi connectivity index (χ0v) is 11.9. The Hall–Kier alpha value is -1.75. The highest BCUT2D eigenvalue weighted by Gasteiger charge is 2.22. The summed E-state index contributed by atoms with van der Waals surface area (Å²) in [4.78, 5) is 10.6. The van der Waals surface area contributed by atoms with E-state index in [0.29, 0.717) is 12.8 Å². The molecule has 20 heavy (non-hydrogen) atoms. The molecule has 0 saturated carbocycles. The second kappa shape index (κ2) is 6.13. The van der Waals surface area contributed by atoms with E-state index in [1.807, 2.05) is 19.1 Å². The Balaban J connectivity index is 2.11. The summed E-state index contributed by atoms with van der Waals surface area (Å²) in [5, 5.41) is 8.68. The number of rotatable bonds is 6. The lowest BCUT2D eigenvalue weighted by Crippen LogP contribution is -2.24. The minimum absolute atomic E-state index is 0.0853. The number of nitrogens with two attached hydrogens (primary N) is 1. The van der Waals surface area contributed by atoms with E-state index >= 15 is 0 Å². The molecule has 2 unspecified atom stereocenters. The molecule has 0 fully saturated rings. The van der Waals surface area contributed by atoms with Crippen LogP contribution in [-0.2, 0) is 17.6 Å². The van der Waals surface area contributed by atoms with Gasteiger partial charge in [-0.05, 0) is 37.5 Å². The number of methoxy groups -OCH3 is 1. The molecular weight excluding hydrogens is 258 g/mol. The van der Waals surface area contributed by atoms with Crippen molar-refractivity contribution in [1.82, 2.24) is 0 Å². The minimum Gasteiger partial charge on any atom is -0.496 e. The molecule has 1 aliphatic rings. The third kappa shape index (κ3) is 3.42. The number of fused-ring (bicyclic) bond motifs is 1. The van der Waals surface area contributed by atoms with Crippen molar-refractivity contribution in [2.45, 2.75) is 44.8 Å². The van der Waals surface area contributed by atoms with E-state index in [1.165, 1.54) is 0 Å². The smallest absolute Gasteiger partial charge is 0.303 e. The maximum Gasteiger partial charge on any atom is 0.303 e. The molecule has 0 aromatic heterocycles. The lowest BCUT2D eigenvalue weighted by Gasteiger charge is -2.15. The van der Waals surface area contributed by atoms with E-state index in [0.717, 1.165) is 29.0 Å². The number of carbonyl (C=O) groups is 1. The Morgan fingerprint density at radius 3 is 3.00 bits per heavy atom. The van der Waals surface area contributed by atoms with Gasteiger partial charge < -0.3 is 20.3 Å². The molecule has 0 amide bonds. The number of carboxylic acids is 1. The number of hydrogen-bond donors (Lipinski definition) is 2. The first kappa shape index (κ1) is 14.7. The molecule has 0 radical (unpaired) electrons. The largest absolute Gasteiger partial charge is 0.496 e. The van der Waals surface area contributed by atoms with Crippen LogP contribution in [0.15, 0.2) is 12.1 Å². The number of hydrogen-bond acceptors (Lipinski definition) is 4. The molecule has 110 valence electrons. The van der Waals surface area contributed by atoms with E-state index in [-0.39, 0.29) is 18.6 Å². The molecule has 0 saturated heterocycles. The van der Waals surface area contributed by atoms with Gasteiger partial charge in [0.2, 0.25) is 0 Å². The van der Waals surface area contributed by atoms with Crippen LogP contribution in [0, 0.1) is 0 Å². The third-order valence-electron chi connectivity index (χ3n) is 3.51. The van der Waals surface area contributed by atoms with E-state index in [1.54, 1.807) is 7.11 Å². The van der Waals surface area contributed by atoms with Gasteiger partial charge >= 0.3 is 5.97 Å². The molecule has 1 heterocycles. The van der Waals surface area contributed by atoms with Crippen LogP contribution < -0.4 is 15.2 Å². The summed E-state index contributed by atoms with van der Waals surface area (Å²) in [5.41, 5.74) is 8.11. The summed E-state index contributed by atoms with van der Waals surface area (Å²) in [6.45, 7) is 2.03. The molecule has 0 spiro atoms. The molecular formula is C15H21NO4. The molecule has 5 nitrogen and oxygen atoms in total. The standard InChI is InChI=1S/C15H21NO4/c1-9-5-10-7-13(19-2)11(8-14(10)20-9)6-12(16)3-4-15(17)18/h7-9,12H,3-6,16H2,1-2H3,(H,17,18). The maximum absolute atomic E-state index is 10.6. The Labute approximate surface area is 118 Å². The van der Waals surface area contributed by atoms with Gasteiger partial charge in [-0.2, -0.15) is 0 Å². The van der Waals surface area contributed by atoms with Crippen molar-refractivity contribution >= 4 is 5.97 Å². The second-order valence-corrected chi connectivity index (χ2v) is 5.30. The van der Waals surface area contributed by atoms with Gasteiger partial charge in [-0.15, -0.1) is 0 Å². The van der Waals surface area contributed by atoms with Crippen LogP contribution in [0.1, 0.15) is 30.9 Å². The van der Waals surface area contributed by atoms with E-state index in [9.17, 15) is 4.79 Å². The fourth-order valence-electron chi connectivity index (χ4n) is 2.52. The molecule has 5 heteroatoms. The lowest BCUT2D eigenvalue weighted by molar-refractivity contribution is -0.137. The highest BCUT2D eigenvalue weighted by atomic mass is 16.5. The van der Waals surface area contributed by atoms with Crippen LogP contribution in [0.3, 0.4) is 0 Å². The zero-order valence-electron chi connectivity index (χ0n) is 11.9. The normalized spacial score (nSPS) is 18.2. The van der Waals surface area contributed by atoms with Crippen LogP contribution >= 0.6 is 0 Å². The van der Waals surface area contributed by atoms with Gasteiger partial charge in [0.15, 0.2) is 0 Å². The van der Waals surface area contributed by atoms with Gasteiger partial charge in [0.25, 0.3) is 0 Å². The lowest BCUT2D eigenvalue weighted by atomic mass is 9.99. The van der Waals surface area contributed by atoms with Gasteiger partial charge in [-0.1, -0.05) is 0 Å². The second-order valence-electron chi connectivity index (χ2n) is 5.30. The van der Waals surface area contributed by atoms with Crippen LogP contribution in [0.4, 0.5) is 0 Å². The summed E-state index contributed by atoms with van der Waals surface area (Å²) >= 11 is 0. The molecule has 1 aromatic rings. The van der Waals surface area contributed by atoms with Crippen molar-refractivity contribution in [2.24, 2.45) is 5.73 Å². The Kier molecular flexibility index (Phi) is 4.49. The predicted octanol–water partition coefficient (Wildman–Crippen LogP) is 1.75. The van der Waals surface area contributed by atoms with Gasteiger partial charge in [0.1, 0.15) is 17.6 Å². The molecule has 1 aromatic carbocycles. The minimum atomic E-state index is -0.821. The highest BCUT2D eigenvalue weighted by Crippen LogP contribution is 2.35. The van der Waals surface area contributed by atoms with Crippen molar-refractivity contribution in [1.29, 1.82) is 0 Å². The van der Waals surface area contributed by atoms with Crippen molar-refractivity contribution in [3.63, 3.8) is 0 Å². The third-order valence-corrected chi connectivity index (χ3v) is 3.51. The number of ether oxygens (including phenoxy) is 2. The van der Waals surface area contributed by atoms with Crippen molar-refractivity contribution in [2.75, 3.05) is 7.11 Å². The first-order valence-corrected chi connectivity index (χ1v) is 6.83. The first-order valence-electron chi connectivity index (χ1n) is 6.83. The van der Waals surface area contributed by atoms with Gasteiger partial charge in [-0.25, -0.2) is 0 Å². The summed E-state index contributed by atoms with van der Waals surface area (Å²) < 4.78 is 11.1. The average Bonchev–Trinajstić information content (AvgIpc) is 2.74. The van der Waals surface area contributed by atoms with E-state index < -0.39 is 5.97 Å². The molecule has 0 aliphatic carbocycles. The molecule has 3 N–H and O–H groups in total. The highest BCUT2D eigenvalue weighted by molar-refractivity contribution is 5.66. The number of aliphatic carboxylic acids is 1. The van der Waals surface area contributed by atoms with Crippen molar-refractivity contribution in [3.8, 4) is 11.5 Å². The van der Waals surface area contributed by atoms with Crippen LogP contribution in [0.5, 0.6) is 11.5 Å². The Morgan fingerprint density at radius 1 is 1.60 bits per heavy atom. The summed E-state index contributed by atoms with van der Waals surface area (Å²) in [5.74, 6) is 0.865. The number of benzene rings is 1. The quantitative estimate of drug-likeness (QED) is 0.829. The average molecular weight is 279 g/mol. The van der Waals surface area contributed by atoms with Crippen molar-refractivity contribution in [3.05, 3.63) is 23.3 Å². The Bertz CT molecular complexity index is 501. The summed E-state index contributed by atoms with van der Waals surface area (Å²) in [6, 6.07) is 3.77. The van der Waals surface area contributed by atoms with Gasteiger partial charge in [0, 0.05) is 24.4 Å². The maximum atomic E-state index is 10.6. The van der Waals surface area contributed by atoms with Gasteiger partial charge in [-0.3, -0.25) is 4.79 Å². The fourth-order valence-corrected chi connectivity index (χ4v) is 2.52. The van der Waals surface area contributed by atoms with Gasteiger partial charge in [0.05, 0.1) is 7.11 Å².